The van der Waals surface area contributed by atoms with Gasteiger partial charge in [-0.3, -0.25) is 14.5 Å². The number of carbonyl (C=O) groups excluding carboxylic acids is 2. The molecule has 4 rings (SSSR count). The van der Waals surface area contributed by atoms with Gasteiger partial charge in [-0.15, -0.1) is 0 Å². The van der Waals surface area contributed by atoms with E-state index in [1.807, 2.05) is 42.5 Å². The molecule has 2 aliphatic heterocycles. The number of likely N-dealkylation sites (tertiary alicyclic amines) is 1. The molecule has 2 amide bonds. The zero-order valence-corrected chi connectivity index (χ0v) is 19.5. The molecule has 0 unspecified atom stereocenters. The summed E-state index contributed by atoms with van der Waals surface area (Å²) < 4.78 is 0.771. The van der Waals surface area contributed by atoms with Gasteiger partial charge >= 0.3 is 0 Å². The molecule has 0 radical (unpaired) electrons. The molecule has 32 heavy (non-hydrogen) atoms. The van der Waals surface area contributed by atoms with Crippen molar-refractivity contribution in [1.82, 2.24) is 4.90 Å². The highest BCUT2D eigenvalue weighted by atomic mass is 79.9. The number of aliphatic hydroxyl groups is 2. The number of rotatable bonds is 6. The highest BCUT2D eigenvalue weighted by Gasteiger charge is 2.53. The van der Waals surface area contributed by atoms with Crippen LogP contribution in [-0.2, 0) is 15.2 Å². The summed E-state index contributed by atoms with van der Waals surface area (Å²) in [5.41, 5.74) is 0.109. The quantitative estimate of drug-likeness (QED) is 0.592. The molecule has 2 aromatic carbocycles. The summed E-state index contributed by atoms with van der Waals surface area (Å²) in [6, 6.07) is 14.6. The minimum absolute atomic E-state index is 0.0267. The Labute approximate surface area is 196 Å². The second kappa shape index (κ2) is 9.17. The van der Waals surface area contributed by atoms with Gasteiger partial charge in [0.05, 0.1) is 18.3 Å². The first-order chi connectivity index (χ1) is 15.4. The summed E-state index contributed by atoms with van der Waals surface area (Å²) in [6.07, 6.45) is 5.33. The van der Waals surface area contributed by atoms with Crippen LogP contribution in [0, 0.1) is 5.92 Å². The van der Waals surface area contributed by atoms with Gasteiger partial charge in [-0.05, 0) is 43.2 Å². The van der Waals surface area contributed by atoms with Crippen LogP contribution in [-0.4, -0.2) is 46.1 Å². The van der Waals surface area contributed by atoms with Gasteiger partial charge in [-0.25, -0.2) is 0 Å². The monoisotopic (exact) mass is 498 g/mol. The lowest BCUT2D eigenvalue weighted by Gasteiger charge is -2.28. The van der Waals surface area contributed by atoms with Crippen LogP contribution in [0.4, 0.5) is 11.4 Å². The second-order valence-electron chi connectivity index (χ2n) is 8.39. The molecule has 7 heteroatoms. The number of hydrogen-bond donors (Lipinski definition) is 2. The number of aliphatic hydroxyl groups excluding tert-OH is 1. The zero-order valence-electron chi connectivity index (χ0n) is 17.9. The number of carbonyl (C=O) groups is 2. The Morgan fingerprint density at radius 2 is 2.03 bits per heavy atom. The maximum Gasteiger partial charge on any atom is 0.268 e. The summed E-state index contributed by atoms with van der Waals surface area (Å²) in [7, 11) is 0. The molecule has 1 saturated heterocycles. The Hall–Kier alpha value is -2.48. The third-order valence-electron chi connectivity index (χ3n) is 6.44. The van der Waals surface area contributed by atoms with E-state index in [0.717, 1.165) is 17.3 Å². The maximum atomic E-state index is 13.5. The lowest BCUT2D eigenvalue weighted by molar-refractivity contribution is -0.138. The van der Waals surface area contributed by atoms with Crippen LogP contribution in [0.25, 0.3) is 0 Å². The second-order valence-corrected chi connectivity index (χ2v) is 9.31. The number of hydrogen-bond acceptors (Lipinski definition) is 4. The molecule has 2 aliphatic rings. The topological polar surface area (TPSA) is 81.1 Å². The Balaban J connectivity index is 1.59. The van der Waals surface area contributed by atoms with Crippen molar-refractivity contribution in [3.63, 3.8) is 0 Å². The standard InChI is InChI=1S/C25H27BrN2O4/c1-17(7-5-11-23(30)27-14-6-10-20(27)16-29)25(32)21-15-18(26)12-13-22(21)28(24(25)31)19-8-3-2-4-9-19/h2-5,7-9,12-13,15,17,20,29,32H,6,10-11,14,16H2,1H3/b7-5+/t17-,20+,25+/m1/s1. The lowest BCUT2D eigenvalue weighted by Crippen LogP contribution is -2.42. The molecule has 0 spiro atoms. The van der Waals surface area contributed by atoms with Gasteiger partial charge < -0.3 is 15.1 Å². The summed E-state index contributed by atoms with van der Waals surface area (Å²) in [5.74, 6) is -1.03. The average Bonchev–Trinajstić information content (AvgIpc) is 3.36. The summed E-state index contributed by atoms with van der Waals surface area (Å²) in [6.45, 7) is 2.41. The van der Waals surface area contributed by atoms with E-state index in [2.05, 4.69) is 15.9 Å². The molecule has 2 heterocycles. The average molecular weight is 499 g/mol. The van der Waals surface area contributed by atoms with Gasteiger partial charge in [-0.1, -0.05) is 53.2 Å². The van der Waals surface area contributed by atoms with E-state index in [9.17, 15) is 19.8 Å². The van der Waals surface area contributed by atoms with Crippen molar-refractivity contribution < 1.29 is 19.8 Å². The number of halogens is 1. The largest absolute Gasteiger partial charge is 0.394 e. The third kappa shape index (κ3) is 3.89. The van der Waals surface area contributed by atoms with Gasteiger partial charge in [0.1, 0.15) is 0 Å². The van der Waals surface area contributed by atoms with E-state index in [1.54, 1.807) is 34.9 Å². The van der Waals surface area contributed by atoms with Crippen LogP contribution in [0.1, 0.15) is 31.7 Å². The predicted octanol–water partition coefficient (Wildman–Crippen LogP) is 3.88. The molecular formula is C25H27BrN2O4. The minimum Gasteiger partial charge on any atom is -0.394 e. The van der Waals surface area contributed by atoms with E-state index in [-0.39, 0.29) is 25.0 Å². The molecule has 0 bridgehead atoms. The van der Waals surface area contributed by atoms with Crippen LogP contribution in [0.5, 0.6) is 0 Å². The van der Waals surface area contributed by atoms with E-state index in [0.29, 0.717) is 23.5 Å². The molecule has 6 nitrogen and oxygen atoms in total. The summed E-state index contributed by atoms with van der Waals surface area (Å²) in [4.78, 5) is 29.4. The predicted molar refractivity (Wildman–Crippen MR) is 126 cm³/mol. The van der Waals surface area contributed by atoms with Crippen LogP contribution < -0.4 is 4.90 Å². The van der Waals surface area contributed by atoms with Crippen LogP contribution in [0.2, 0.25) is 0 Å². The normalized spacial score (nSPS) is 23.8. The van der Waals surface area contributed by atoms with Crippen molar-refractivity contribution in [1.29, 1.82) is 0 Å². The number of anilines is 2. The first-order valence-electron chi connectivity index (χ1n) is 10.9. The Morgan fingerprint density at radius 1 is 1.28 bits per heavy atom. The Kier molecular flexibility index (Phi) is 6.51. The molecule has 1 fully saturated rings. The highest BCUT2D eigenvalue weighted by Crippen LogP contribution is 2.48. The number of amides is 2. The summed E-state index contributed by atoms with van der Waals surface area (Å²) >= 11 is 3.45. The molecule has 3 atom stereocenters. The Bertz CT molecular complexity index is 1040. The van der Waals surface area contributed by atoms with Crippen molar-refractivity contribution in [2.45, 2.75) is 37.8 Å². The van der Waals surface area contributed by atoms with Crippen molar-refractivity contribution in [3.05, 3.63) is 70.7 Å². The van der Waals surface area contributed by atoms with Gasteiger partial charge in [-0.2, -0.15) is 0 Å². The molecular weight excluding hydrogens is 472 g/mol. The molecule has 2 N–H and O–H groups in total. The smallest absolute Gasteiger partial charge is 0.268 e. The number of nitrogens with zero attached hydrogens (tertiary/aromatic N) is 2. The van der Waals surface area contributed by atoms with Gasteiger partial charge in [0.2, 0.25) is 5.91 Å². The molecule has 2 aromatic rings. The van der Waals surface area contributed by atoms with E-state index < -0.39 is 17.4 Å². The van der Waals surface area contributed by atoms with Gasteiger partial charge in [0.25, 0.3) is 5.91 Å². The fourth-order valence-corrected chi connectivity index (χ4v) is 5.02. The summed E-state index contributed by atoms with van der Waals surface area (Å²) in [5, 5.41) is 21.2. The molecule has 0 aliphatic carbocycles. The van der Waals surface area contributed by atoms with Crippen LogP contribution >= 0.6 is 15.9 Å². The maximum absolute atomic E-state index is 13.5. The molecule has 0 aromatic heterocycles. The van der Waals surface area contributed by atoms with Crippen LogP contribution in [0.15, 0.2) is 65.2 Å². The van der Waals surface area contributed by atoms with E-state index in [4.69, 9.17) is 0 Å². The highest BCUT2D eigenvalue weighted by molar-refractivity contribution is 9.10. The zero-order chi connectivity index (χ0) is 22.9. The fraction of sp³-hybridized carbons (Fsp3) is 0.360. The number of benzene rings is 2. The van der Waals surface area contributed by atoms with Crippen molar-refractivity contribution in [2.75, 3.05) is 18.1 Å². The molecule has 0 saturated carbocycles. The van der Waals surface area contributed by atoms with E-state index in [1.165, 1.54) is 0 Å². The van der Waals surface area contributed by atoms with Crippen molar-refractivity contribution in [2.24, 2.45) is 5.92 Å². The Morgan fingerprint density at radius 3 is 2.75 bits per heavy atom. The fourth-order valence-electron chi connectivity index (χ4n) is 4.66. The van der Waals surface area contributed by atoms with Crippen molar-refractivity contribution >= 4 is 39.1 Å². The first kappa shape index (κ1) is 22.7. The molecule has 168 valence electrons. The first-order valence-corrected chi connectivity index (χ1v) is 11.7. The SMILES string of the molecule is C[C@H](/C=C/CC(=O)N1CCC[C@H]1CO)[C@@]1(O)C(=O)N(c2ccccc2)c2ccc(Br)cc21. The minimum atomic E-state index is -1.75. The lowest BCUT2D eigenvalue weighted by atomic mass is 9.83. The van der Waals surface area contributed by atoms with E-state index >= 15 is 0 Å². The number of para-hydroxylation sites is 1. The third-order valence-corrected chi connectivity index (χ3v) is 6.93. The van der Waals surface area contributed by atoms with Crippen LogP contribution in [0.3, 0.4) is 0 Å². The van der Waals surface area contributed by atoms with Gasteiger partial charge in [0.15, 0.2) is 5.60 Å². The number of fused-ring (bicyclic) bond motifs is 1. The van der Waals surface area contributed by atoms with Gasteiger partial charge in [0, 0.05) is 34.6 Å². The van der Waals surface area contributed by atoms with Crippen molar-refractivity contribution in [3.8, 4) is 0 Å².